The quantitative estimate of drug-likeness (QED) is 0.913. The van der Waals surface area contributed by atoms with Crippen molar-refractivity contribution in [1.29, 1.82) is 0 Å². The van der Waals surface area contributed by atoms with Gasteiger partial charge >= 0.3 is 0 Å². The van der Waals surface area contributed by atoms with Crippen LogP contribution in [0.2, 0.25) is 5.02 Å². The predicted octanol–water partition coefficient (Wildman–Crippen LogP) is 4.33. The summed E-state index contributed by atoms with van der Waals surface area (Å²) in [6.07, 6.45) is 2.28. The van der Waals surface area contributed by atoms with Gasteiger partial charge in [-0.25, -0.2) is 4.39 Å². The van der Waals surface area contributed by atoms with Crippen LogP contribution < -0.4 is 10.2 Å². The topological polar surface area (TPSA) is 32.3 Å². The molecule has 0 aromatic heterocycles. The Kier molecular flexibility index (Phi) is 4.29. The largest absolute Gasteiger partial charge is 0.370 e. The summed E-state index contributed by atoms with van der Waals surface area (Å²) in [7, 11) is 0. The molecule has 1 heterocycles. The summed E-state index contributed by atoms with van der Waals surface area (Å²) < 4.78 is 13.2. The molecule has 22 heavy (non-hydrogen) atoms. The first-order valence-corrected chi connectivity index (χ1v) is 7.63. The smallest absolute Gasteiger partial charge is 0.255 e. The number of halogens is 2. The van der Waals surface area contributed by atoms with E-state index in [2.05, 4.69) is 10.2 Å². The molecule has 2 aromatic rings. The zero-order valence-electron chi connectivity index (χ0n) is 12.0. The Morgan fingerprint density at radius 1 is 1.14 bits per heavy atom. The number of benzene rings is 2. The summed E-state index contributed by atoms with van der Waals surface area (Å²) in [5.74, 6) is -0.777. The van der Waals surface area contributed by atoms with Gasteiger partial charge in [-0.05, 0) is 49.2 Å². The number of carbonyl (C=O) groups excluding carboxylic acids is 1. The van der Waals surface area contributed by atoms with E-state index in [1.165, 1.54) is 18.2 Å². The first-order chi connectivity index (χ1) is 10.6. The van der Waals surface area contributed by atoms with E-state index in [0.29, 0.717) is 10.7 Å². The van der Waals surface area contributed by atoms with Gasteiger partial charge in [0.15, 0.2) is 0 Å². The van der Waals surface area contributed by atoms with Gasteiger partial charge in [0.1, 0.15) is 5.82 Å². The lowest BCUT2D eigenvalue weighted by atomic mass is 10.2. The Balaban J connectivity index is 1.87. The minimum atomic E-state index is -0.432. The number of anilines is 2. The van der Waals surface area contributed by atoms with Gasteiger partial charge in [-0.15, -0.1) is 0 Å². The van der Waals surface area contributed by atoms with Gasteiger partial charge in [-0.2, -0.15) is 0 Å². The molecule has 1 amide bonds. The van der Waals surface area contributed by atoms with Crippen LogP contribution >= 0.6 is 11.6 Å². The van der Waals surface area contributed by atoms with Crippen molar-refractivity contribution in [3.8, 4) is 0 Å². The maximum Gasteiger partial charge on any atom is 0.255 e. The number of nitrogens with zero attached hydrogens (tertiary/aromatic N) is 1. The zero-order valence-corrected chi connectivity index (χ0v) is 12.7. The van der Waals surface area contributed by atoms with Crippen LogP contribution in [0.25, 0.3) is 0 Å². The highest BCUT2D eigenvalue weighted by atomic mass is 35.5. The number of rotatable bonds is 3. The van der Waals surface area contributed by atoms with Crippen LogP contribution in [0.1, 0.15) is 23.2 Å². The molecule has 1 N–H and O–H groups in total. The van der Waals surface area contributed by atoms with Gasteiger partial charge in [0.05, 0.1) is 11.4 Å². The number of nitrogens with one attached hydrogen (secondary N) is 1. The molecule has 1 fully saturated rings. The standard InChI is InChI=1S/C17H16ClFN2O/c18-13-6-7-16(21-8-1-2-9-21)15(11-13)20-17(22)12-4-3-5-14(19)10-12/h3-7,10-11H,1-2,8-9H2,(H,20,22). The fourth-order valence-electron chi connectivity index (χ4n) is 2.67. The van der Waals surface area contributed by atoms with Crippen LogP contribution in [0.15, 0.2) is 42.5 Å². The van der Waals surface area contributed by atoms with Gasteiger partial charge in [0, 0.05) is 23.7 Å². The van der Waals surface area contributed by atoms with Crippen molar-refractivity contribution in [1.82, 2.24) is 0 Å². The Hall–Kier alpha value is -2.07. The van der Waals surface area contributed by atoms with Crippen molar-refractivity contribution in [2.75, 3.05) is 23.3 Å². The van der Waals surface area contributed by atoms with Gasteiger partial charge in [0.2, 0.25) is 0 Å². The molecule has 1 aliphatic rings. The molecule has 1 aliphatic heterocycles. The highest BCUT2D eigenvalue weighted by molar-refractivity contribution is 6.31. The van der Waals surface area contributed by atoms with E-state index in [-0.39, 0.29) is 11.5 Å². The fraction of sp³-hybridized carbons (Fsp3) is 0.235. The Morgan fingerprint density at radius 3 is 2.64 bits per heavy atom. The van der Waals surface area contributed by atoms with Crippen molar-refractivity contribution in [3.05, 3.63) is 58.9 Å². The van der Waals surface area contributed by atoms with Crippen molar-refractivity contribution in [2.45, 2.75) is 12.8 Å². The first-order valence-electron chi connectivity index (χ1n) is 7.25. The van der Waals surface area contributed by atoms with Gasteiger partial charge < -0.3 is 10.2 Å². The van der Waals surface area contributed by atoms with Crippen molar-refractivity contribution in [2.24, 2.45) is 0 Å². The van der Waals surface area contributed by atoms with Crippen LogP contribution in [0.4, 0.5) is 15.8 Å². The van der Waals surface area contributed by atoms with Gasteiger partial charge in [0.25, 0.3) is 5.91 Å². The van der Waals surface area contributed by atoms with Crippen molar-refractivity contribution >= 4 is 28.9 Å². The molecule has 114 valence electrons. The van der Waals surface area contributed by atoms with E-state index in [0.717, 1.165) is 31.6 Å². The second-order valence-corrected chi connectivity index (χ2v) is 5.76. The van der Waals surface area contributed by atoms with Crippen LogP contribution in [0.3, 0.4) is 0 Å². The monoisotopic (exact) mass is 318 g/mol. The molecule has 5 heteroatoms. The average molecular weight is 319 g/mol. The molecule has 0 radical (unpaired) electrons. The average Bonchev–Trinajstić information content (AvgIpc) is 3.01. The van der Waals surface area contributed by atoms with Crippen molar-refractivity contribution < 1.29 is 9.18 Å². The number of carbonyl (C=O) groups is 1. The Labute approximate surface area is 133 Å². The SMILES string of the molecule is O=C(Nc1cc(Cl)ccc1N1CCCC1)c1cccc(F)c1. The van der Waals surface area contributed by atoms with E-state index >= 15 is 0 Å². The van der Waals surface area contributed by atoms with Gasteiger partial charge in [-0.1, -0.05) is 17.7 Å². The van der Waals surface area contributed by atoms with E-state index < -0.39 is 5.82 Å². The van der Waals surface area contributed by atoms with Gasteiger partial charge in [-0.3, -0.25) is 4.79 Å². The summed E-state index contributed by atoms with van der Waals surface area (Å²) in [6, 6.07) is 11.1. The van der Waals surface area contributed by atoms with Crippen LogP contribution in [0.5, 0.6) is 0 Å². The maximum atomic E-state index is 13.2. The highest BCUT2D eigenvalue weighted by Crippen LogP contribution is 2.31. The fourth-order valence-corrected chi connectivity index (χ4v) is 2.84. The minimum Gasteiger partial charge on any atom is -0.370 e. The van der Waals surface area contributed by atoms with E-state index in [1.54, 1.807) is 12.1 Å². The molecule has 0 aliphatic carbocycles. The molecule has 1 saturated heterocycles. The molecule has 0 bridgehead atoms. The lowest BCUT2D eigenvalue weighted by molar-refractivity contribution is 0.102. The second-order valence-electron chi connectivity index (χ2n) is 5.32. The third-order valence-electron chi connectivity index (χ3n) is 3.74. The Morgan fingerprint density at radius 2 is 1.91 bits per heavy atom. The number of hydrogen-bond acceptors (Lipinski definition) is 2. The van der Waals surface area contributed by atoms with E-state index in [4.69, 9.17) is 11.6 Å². The first kappa shape index (κ1) is 14.9. The second kappa shape index (κ2) is 6.36. The van der Waals surface area contributed by atoms with Crippen LogP contribution in [0, 0.1) is 5.82 Å². The Bertz CT molecular complexity index is 699. The van der Waals surface area contributed by atoms with Crippen LogP contribution in [-0.2, 0) is 0 Å². The highest BCUT2D eigenvalue weighted by Gasteiger charge is 2.18. The number of amides is 1. The normalized spacial score (nSPS) is 14.2. The zero-order chi connectivity index (χ0) is 15.5. The lowest BCUT2D eigenvalue weighted by Gasteiger charge is -2.22. The molecule has 0 spiro atoms. The maximum absolute atomic E-state index is 13.2. The van der Waals surface area contributed by atoms with Crippen LogP contribution in [-0.4, -0.2) is 19.0 Å². The van der Waals surface area contributed by atoms with E-state index in [1.807, 2.05) is 12.1 Å². The molecule has 3 rings (SSSR count). The molecule has 0 saturated carbocycles. The predicted molar refractivity (Wildman–Crippen MR) is 87.3 cm³/mol. The third-order valence-corrected chi connectivity index (χ3v) is 3.98. The molecular weight excluding hydrogens is 303 g/mol. The summed E-state index contributed by atoms with van der Waals surface area (Å²) >= 11 is 6.05. The lowest BCUT2D eigenvalue weighted by Crippen LogP contribution is -2.21. The molecule has 3 nitrogen and oxygen atoms in total. The molecule has 0 atom stereocenters. The van der Waals surface area contributed by atoms with Crippen molar-refractivity contribution in [3.63, 3.8) is 0 Å². The summed E-state index contributed by atoms with van der Waals surface area (Å²) in [4.78, 5) is 14.5. The summed E-state index contributed by atoms with van der Waals surface area (Å²) in [5.41, 5.74) is 1.89. The third kappa shape index (κ3) is 3.22. The van der Waals surface area contributed by atoms with E-state index in [9.17, 15) is 9.18 Å². The molecular formula is C17H16ClFN2O. The molecule has 2 aromatic carbocycles. The number of hydrogen-bond donors (Lipinski definition) is 1. The summed E-state index contributed by atoms with van der Waals surface area (Å²) in [6.45, 7) is 1.93. The minimum absolute atomic E-state index is 0.285. The molecule has 0 unspecified atom stereocenters. The summed E-state index contributed by atoms with van der Waals surface area (Å²) in [5, 5.41) is 3.39.